The van der Waals surface area contributed by atoms with Gasteiger partial charge in [0.1, 0.15) is 11.5 Å². The summed E-state index contributed by atoms with van der Waals surface area (Å²) in [6.07, 6.45) is 6.76. The van der Waals surface area contributed by atoms with Crippen molar-refractivity contribution in [3.63, 3.8) is 0 Å². The Morgan fingerprint density at radius 2 is 1.94 bits per heavy atom. The molecule has 1 N–H and O–H groups in total. The first-order valence-electron chi connectivity index (χ1n) is 10.7. The van der Waals surface area contributed by atoms with Gasteiger partial charge in [-0.3, -0.25) is 4.79 Å². The number of hydrogen-bond acceptors (Lipinski definition) is 4. The lowest BCUT2D eigenvalue weighted by atomic mass is 10.0. The normalized spacial score (nSPS) is 11.3. The van der Waals surface area contributed by atoms with Crippen molar-refractivity contribution >= 4 is 22.6 Å². The van der Waals surface area contributed by atoms with Gasteiger partial charge in [0.05, 0.1) is 17.3 Å². The van der Waals surface area contributed by atoms with Crippen LogP contribution in [-0.4, -0.2) is 48.5 Å². The van der Waals surface area contributed by atoms with Gasteiger partial charge in [-0.15, -0.1) is 0 Å². The molecular weight excluding hydrogens is 429 g/mol. The number of fused-ring (bicyclic) bond motifs is 1. The molecule has 0 atom stereocenters. The van der Waals surface area contributed by atoms with Crippen LogP contribution < -0.4 is 4.90 Å². The lowest BCUT2D eigenvalue weighted by Crippen LogP contribution is -2.25. The van der Waals surface area contributed by atoms with E-state index in [0.29, 0.717) is 17.8 Å². The molecule has 7 heteroatoms. The molecule has 34 heavy (non-hydrogen) atoms. The van der Waals surface area contributed by atoms with Crippen molar-refractivity contribution in [1.29, 1.82) is 5.26 Å². The number of rotatable bonds is 6. The van der Waals surface area contributed by atoms with Crippen LogP contribution in [0, 0.1) is 17.1 Å². The van der Waals surface area contributed by atoms with Gasteiger partial charge >= 0.3 is 0 Å². The molecule has 4 aromatic rings. The molecule has 0 radical (unpaired) electrons. The first-order chi connectivity index (χ1) is 16.4. The van der Waals surface area contributed by atoms with Crippen molar-refractivity contribution in [2.75, 3.05) is 32.6 Å². The summed E-state index contributed by atoms with van der Waals surface area (Å²) in [6.45, 7) is 0.615. The molecule has 2 aromatic carbocycles. The third-order valence-electron chi connectivity index (χ3n) is 5.54. The summed E-state index contributed by atoms with van der Waals surface area (Å²) < 4.78 is 14.6. The molecular formula is C27H24FN5O. The number of carbonyl (C=O) groups excluding carboxylic acids is 1. The third-order valence-corrected chi connectivity index (χ3v) is 5.54. The van der Waals surface area contributed by atoms with Crippen LogP contribution in [-0.2, 0) is 4.79 Å². The first-order valence-corrected chi connectivity index (χ1v) is 10.7. The molecule has 2 aromatic heterocycles. The van der Waals surface area contributed by atoms with Gasteiger partial charge in [-0.05, 0) is 55.6 Å². The second kappa shape index (κ2) is 9.69. The molecule has 2 heterocycles. The Labute approximate surface area is 197 Å². The molecule has 0 fully saturated rings. The predicted molar refractivity (Wildman–Crippen MR) is 133 cm³/mol. The summed E-state index contributed by atoms with van der Waals surface area (Å²) in [5.74, 6) is -0.790. The van der Waals surface area contributed by atoms with E-state index in [1.165, 1.54) is 17.0 Å². The highest BCUT2D eigenvalue weighted by Gasteiger charge is 2.15. The molecule has 0 aliphatic heterocycles. The molecule has 0 unspecified atom stereocenters. The molecule has 0 aliphatic rings. The molecule has 4 rings (SSSR count). The fourth-order valence-electron chi connectivity index (χ4n) is 3.70. The molecule has 170 valence electrons. The highest BCUT2D eigenvalue weighted by atomic mass is 19.1. The minimum atomic E-state index is -0.481. The minimum absolute atomic E-state index is 0.188. The largest absolute Gasteiger partial charge is 0.346 e. The number of aromatic amines is 1. The summed E-state index contributed by atoms with van der Waals surface area (Å²) >= 11 is 0. The number of pyridine rings is 1. The third kappa shape index (κ3) is 4.72. The second-order valence-corrected chi connectivity index (χ2v) is 8.24. The van der Waals surface area contributed by atoms with Crippen molar-refractivity contribution in [1.82, 2.24) is 14.9 Å². The number of anilines is 1. The van der Waals surface area contributed by atoms with Gasteiger partial charge in [-0.1, -0.05) is 24.3 Å². The van der Waals surface area contributed by atoms with Crippen LogP contribution >= 0.6 is 0 Å². The Bertz CT molecular complexity index is 1430. The van der Waals surface area contributed by atoms with E-state index < -0.39 is 5.82 Å². The number of H-pyrrole nitrogens is 1. The molecule has 1 amide bonds. The number of hydrogen-bond donors (Lipinski definition) is 1. The minimum Gasteiger partial charge on any atom is -0.346 e. The van der Waals surface area contributed by atoms with Gasteiger partial charge in [0.25, 0.3) is 5.91 Å². The lowest BCUT2D eigenvalue weighted by molar-refractivity contribution is -0.113. The number of carbonyl (C=O) groups is 1. The summed E-state index contributed by atoms with van der Waals surface area (Å²) in [7, 11) is 5.36. The van der Waals surface area contributed by atoms with Crippen LogP contribution in [0.2, 0.25) is 0 Å². The second-order valence-electron chi connectivity index (χ2n) is 8.24. The van der Waals surface area contributed by atoms with Gasteiger partial charge in [0.2, 0.25) is 0 Å². The maximum atomic E-state index is 14.6. The summed E-state index contributed by atoms with van der Waals surface area (Å²) in [6, 6.07) is 16.2. The molecule has 0 saturated carbocycles. The number of benzene rings is 2. The van der Waals surface area contributed by atoms with E-state index in [1.807, 2.05) is 49.5 Å². The standard InChI is InChI=1S/C27H24FN5O/c1-32(2)11-5-8-26(34)33(3)25-14-19(9-10-24(25)28)21-13-22-23(17-31-27(22)30-16-21)20-7-4-6-18(12-20)15-29/h4-10,12-14,16-17H,11H2,1-3H3,(H,30,31)/b8-5+. The molecule has 0 spiro atoms. The first kappa shape index (κ1) is 22.9. The van der Waals surface area contributed by atoms with Crippen LogP contribution in [0.15, 0.2) is 73.1 Å². The van der Waals surface area contributed by atoms with Crippen LogP contribution in [0.1, 0.15) is 5.56 Å². The Morgan fingerprint density at radius 1 is 1.12 bits per heavy atom. The maximum absolute atomic E-state index is 14.6. The van der Waals surface area contributed by atoms with Gasteiger partial charge in [-0.25, -0.2) is 9.37 Å². The fourth-order valence-corrected chi connectivity index (χ4v) is 3.70. The number of aromatic nitrogens is 2. The average Bonchev–Trinajstić information content (AvgIpc) is 3.27. The van der Waals surface area contributed by atoms with E-state index in [1.54, 1.807) is 37.5 Å². The van der Waals surface area contributed by atoms with Crippen LogP contribution in [0.4, 0.5) is 10.1 Å². The van der Waals surface area contributed by atoms with E-state index in [9.17, 15) is 14.4 Å². The number of nitrogens with one attached hydrogen (secondary N) is 1. The SMILES string of the molecule is CN(C)C/C=C/C(=O)N(C)c1cc(-c2cnc3[nH]cc(-c4cccc(C#N)c4)c3c2)ccc1F. The molecule has 0 bridgehead atoms. The Kier molecular flexibility index (Phi) is 6.53. The Morgan fingerprint density at radius 3 is 2.71 bits per heavy atom. The molecule has 0 aliphatic carbocycles. The van der Waals surface area contributed by atoms with Crippen LogP contribution in [0.25, 0.3) is 33.3 Å². The van der Waals surface area contributed by atoms with Crippen molar-refractivity contribution < 1.29 is 9.18 Å². The van der Waals surface area contributed by atoms with Crippen molar-refractivity contribution in [2.24, 2.45) is 0 Å². The van der Waals surface area contributed by atoms with E-state index in [-0.39, 0.29) is 11.6 Å². The Balaban J connectivity index is 1.70. The monoisotopic (exact) mass is 453 g/mol. The number of nitriles is 1. The zero-order valence-electron chi connectivity index (χ0n) is 19.2. The zero-order chi connectivity index (χ0) is 24.2. The summed E-state index contributed by atoms with van der Waals surface area (Å²) in [4.78, 5) is 23.5. The van der Waals surface area contributed by atoms with Crippen LogP contribution in [0.3, 0.4) is 0 Å². The van der Waals surface area contributed by atoms with Gasteiger partial charge in [-0.2, -0.15) is 5.26 Å². The summed E-state index contributed by atoms with van der Waals surface area (Å²) in [5.41, 5.74) is 4.82. The van der Waals surface area contributed by atoms with Gasteiger partial charge in [0.15, 0.2) is 0 Å². The van der Waals surface area contributed by atoms with E-state index in [0.717, 1.165) is 27.6 Å². The highest BCUT2D eigenvalue weighted by Crippen LogP contribution is 2.33. The van der Waals surface area contributed by atoms with E-state index >= 15 is 0 Å². The number of halogens is 1. The number of amides is 1. The molecule has 0 saturated heterocycles. The lowest BCUT2D eigenvalue weighted by Gasteiger charge is -2.17. The topological polar surface area (TPSA) is 76.0 Å². The average molecular weight is 454 g/mol. The van der Waals surface area contributed by atoms with Crippen LogP contribution in [0.5, 0.6) is 0 Å². The zero-order valence-corrected chi connectivity index (χ0v) is 19.2. The van der Waals surface area contributed by atoms with Crippen molar-refractivity contribution in [3.8, 4) is 28.3 Å². The predicted octanol–water partition coefficient (Wildman–Crippen LogP) is 4.99. The quantitative estimate of drug-likeness (QED) is 0.418. The number of likely N-dealkylation sites (N-methyl/N-ethyl adjacent to an activating group) is 2. The van der Waals surface area contributed by atoms with Crippen molar-refractivity contribution in [3.05, 3.63) is 84.5 Å². The highest BCUT2D eigenvalue weighted by molar-refractivity contribution is 6.01. The van der Waals surface area contributed by atoms with Gasteiger partial charge < -0.3 is 14.8 Å². The summed E-state index contributed by atoms with van der Waals surface area (Å²) in [5, 5.41) is 10.1. The number of nitrogens with zero attached hydrogens (tertiary/aromatic N) is 4. The molecule has 6 nitrogen and oxygen atoms in total. The smallest absolute Gasteiger partial charge is 0.250 e. The van der Waals surface area contributed by atoms with E-state index in [2.05, 4.69) is 16.0 Å². The van der Waals surface area contributed by atoms with Crippen molar-refractivity contribution in [2.45, 2.75) is 0 Å². The maximum Gasteiger partial charge on any atom is 0.250 e. The van der Waals surface area contributed by atoms with Gasteiger partial charge in [0, 0.05) is 48.6 Å². The van der Waals surface area contributed by atoms with E-state index in [4.69, 9.17) is 0 Å². The fraction of sp³-hybridized carbons (Fsp3) is 0.148. The Hall–Kier alpha value is -4.28.